The molecule has 0 heterocycles. The van der Waals surface area contributed by atoms with Crippen LogP contribution in [-0.4, -0.2) is 28.3 Å². The molecule has 0 saturated heterocycles. The molecule has 1 unspecified atom stereocenters. The smallest absolute Gasteiger partial charge is 0.353 e. The number of hydrogen-bond donors (Lipinski definition) is 3. The van der Waals surface area contributed by atoms with E-state index >= 15 is 0 Å². The Hall–Kier alpha value is -1.30. The average Bonchev–Trinajstić information content (AvgIpc) is 2.16. The van der Waals surface area contributed by atoms with Crippen LogP contribution in [0.3, 0.4) is 0 Å². The minimum Gasteiger partial charge on any atom is -0.478 e. The van der Waals surface area contributed by atoms with Gasteiger partial charge in [-0.1, -0.05) is 29.3 Å². The molecule has 0 aliphatic heterocycles. The number of amides is 1. The Morgan fingerprint density at radius 2 is 1.75 bits per heavy atom. The Kier molecular flexibility index (Phi) is 4.12. The molecular formula is C9H7Cl2NO4. The summed E-state index contributed by atoms with van der Waals surface area (Å²) in [7, 11) is 0. The van der Waals surface area contributed by atoms with E-state index in [0.717, 1.165) is 0 Å². The fourth-order valence-corrected chi connectivity index (χ4v) is 1.54. The third kappa shape index (κ3) is 2.85. The first-order chi connectivity index (χ1) is 7.43. The van der Waals surface area contributed by atoms with Crippen molar-refractivity contribution in [2.45, 2.75) is 6.23 Å². The van der Waals surface area contributed by atoms with Gasteiger partial charge >= 0.3 is 5.97 Å². The molecule has 0 aliphatic carbocycles. The molecule has 5 nitrogen and oxygen atoms in total. The zero-order valence-corrected chi connectivity index (χ0v) is 9.29. The van der Waals surface area contributed by atoms with Crippen LogP contribution in [0.1, 0.15) is 10.4 Å². The molecule has 0 fully saturated rings. The van der Waals surface area contributed by atoms with Crippen LogP contribution in [0.15, 0.2) is 18.2 Å². The highest BCUT2D eigenvalue weighted by Crippen LogP contribution is 2.23. The van der Waals surface area contributed by atoms with Gasteiger partial charge in [0, 0.05) is 0 Å². The van der Waals surface area contributed by atoms with E-state index in [1.807, 2.05) is 5.32 Å². The SMILES string of the molecule is O=C(NC(O)C(=O)O)c1c(Cl)cccc1Cl. The van der Waals surface area contributed by atoms with E-state index in [2.05, 4.69) is 0 Å². The second-order valence-electron chi connectivity index (χ2n) is 2.81. The summed E-state index contributed by atoms with van der Waals surface area (Å²) in [6.45, 7) is 0. The largest absolute Gasteiger partial charge is 0.478 e. The van der Waals surface area contributed by atoms with Crippen LogP contribution in [0.5, 0.6) is 0 Å². The number of aliphatic hydroxyl groups excluding tert-OH is 1. The number of nitrogens with one attached hydrogen (secondary N) is 1. The second-order valence-corrected chi connectivity index (χ2v) is 3.63. The molecule has 0 saturated carbocycles. The lowest BCUT2D eigenvalue weighted by Crippen LogP contribution is -2.40. The number of carbonyl (C=O) groups is 2. The molecule has 0 aliphatic rings. The molecule has 7 heteroatoms. The zero-order chi connectivity index (χ0) is 12.3. The van der Waals surface area contributed by atoms with Gasteiger partial charge in [-0.25, -0.2) is 4.79 Å². The van der Waals surface area contributed by atoms with E-state index in [1.165, 1.54) is 18.2 Å². The molecule has 1 atom stereocenters. The summed E-state index contributed by atoms with van der Waals surface area (Å²) in [5.74, 6) is -2.43. The Balaban J connectivity index is 2.93. The molecule has 0 spiro atoms. The number of benzene rings is 1. The van der Waals surface area contributed by atoms with Gasteiger partial charge in [-0.15, -0.1) is 0 Å². The predicted octanol–water partition coefficient (Wildman–Crippen LogP) is 1.13. The lowest BCUT2D eigenvalue weighted by atomic mass is 10.2. The Morgan fingerprint density at radius 3 is 2.19 bits per heavy atom. The van der Waals surface area contributed by atoms with Gasteiger partial charge in [0.25, 0.3) is 5.91 Å². The highest BCUT2D eigenvalue weighted by atomic mass is 35.5. The first-order valence-electron chi connectivity index (χ1n) is 4.09. The highest BCUT2D eigenvalue weighted by Gasteiger charge is 2.20. The maximum atomic E-state index is 11.5. The van der Waals surface area contributed by atoms with Crippen LogP contribution in [-0.2, 0) is 4.79 Å². The van der Waals surface area contributed by atoms with Crippen LogP contribution in [0.2, 0.25) is 10.0 Å². The minimum absolute atomic E-state index is 0.0718. The van der Waals surface area contributed by atoms with E-state index in [9.17, 15) is 9.59 Å². The van der Waals surface area contributed by atoms with Crippen LogP contribution >= 0.6 is 23.2 Å². The number of rotatable bonds is 3. The summed E-state index contributed by atoms with van der Waals surface area (Å²) in [5.41, 5.74) is -0.0777. The van der Waals surface area contributed by atoms with Crippen LogP contribution in [0.4, 0.5) is 0 Å². The molecule has 1 rings (SSSR count). The zero-order valence-electron chi connectivity index (χ0n) is 7.78. The summed E-state index contributed by atoms with van der Waals surface area (Å²) in [5, 5.41) is 19.3. The van der Waals surface area contributed by atoms with Gasteiger partial charge in [0.2, 0.25) is 6.23 Å². The van der Waals surface area contributed by atoms with Crippen molar-refractivity contribution in [1.82, 2.24) is 5.32 Å². The fraction of sp³-hybridized carbons (Fsp3) is 0.111. The second kappa shape index (κ2) is 5.16. The average molecular weight is 264 g/mol. The minimum atomic E-state index is -2.00. The van der Waals surface area contributed by atoms with Crippen molar-refractivity contribution in [3.8, 4) is 0 Å². The summed E-state index contributed by atoms with van der Waals surface area (Å²) in [6, 6.07) is 4.39. The molecule has 0 bridgehead atoms. The number of carbonyl (C=O) groups excluding carboxylic acids is 1. The van der Waals surface area contributed by atoms with Gasteiger partial charge in [0.1, 0.15) is 0 Å². The maximum Gasteiger partial charge on any atom is 0.353 e. The van der Waals surface area contributed by atoms with Crippen LogP contribution in [0, 0.1) is 0 Å². The highest BCUT2D eigenvalue weighted by molar-refractivity contribution is 6.39. The number of aliphatic carboxylic acids is 1. The van der Waals surface area contributed by atoms with E-state index in [0.29, 0.717) is 0 Å². The van der Waals surface area contributed by atoms with E-state index in [4.69, 9.17) is 33.4 Å². The van der Waals surface area contributed by atoms with Crippen molar-refractivity contribution in [3.05, 3.63) is 33.8 Å². The molecule has 0 radical (unpaired) electrons. The number of carboxylic acids is 1. The van der Waals surface area contributed by atoms with Crippen molar-refractivity contribution in [2.24, 2.45) is 0 Å². The number of aliphatic hydroxyl groups is 1. The van der Waals surface area contributed by atoms with Gasteiger partial charge in [-0.3, -0.25) is 4.79 Å². The Morgan fingerprint density at radius 1 is 1.25 bits per heavy atom. The molecule has 3 N–H and O–H groups in total. The lowest BCUT2D eigenvalue weighted by molar-refractivity contribution is -0.147. The van der Waals surface area contributed by atoms with Crippen molar-refractivity contribution >= 4 is 35.1 Å². The van der Waals surface area contributed by atoms with E-state index in [1.54, 1.807) is 0 Å². The molecular weight excluding hydrogens is 257 g/mol. The number of hydrogen-bond acceptors (Lipinski definition) is 3. The molecule has 86 valence electrons. The van der Waals surface area contributed by atoms with Crippen molar-refractivity contribution < 1.29 is 19.8 Å². The van der Waals surface area contributed by atoms with Crippen LogP contribution < -0.4 is 5.32 Å². The quantitative estimate of drug-likeness (QED) is 0.714. The van der Waals surface area contributed by atoms with Gasteiger partial charge in [0.15, 0.2) is 0 Å². The third-order valence-corrected chi connectivity index (χ3v) is 2.32. The summed E-state index contributed by atoms with van der Waals surface area (Å²) in [4.78, 5) is 21.8. The maximum absolute atomic E-state index is 11.5. The monoisotopic (exact) mass is 263 g/mol. The number of halogens is 2. The topological polar surface area (TPSA) is 86.6 Å². The third-order valence-electron chi connectivity index (χ3n) is 1.69. The van der Waals surface area contributed by atoms with E-state index < -0.39 is 18.1 Å². The van der Waals surface area contributed by atoms with Crippen molar-refractivity contribution in [2.75, 3.05) is 0 Å². The Labute approximate surface area is 101 Å². The van der Waals surface area contributed by atoms with Gasteiger partial charge < -0.3 is 15.5 Å². The predicted molar refractivity (Wildman–Crippen MR) is 57.6 cm³/mol. The van der Waals surface area contributed by atoms with Crippen LogP contribution in [0.25, 0.3) is 0 Å². The molecule has 1 aromatic carbocycles. The van der Waals surface area contributed by atoms with Crippen molar-refractivity contribution in [1.29, 1.82) is 0 Å². The van der Waals surface area contributed by atoms with Gasteiger partial charge in [0.05, 0.1) is 15.6 Å². The summed E-state index contributed by atoms with van der Waals surface area (Å²) < 4.78 is 0. The fourth-order valence-electron chi connectivity index (χ4n) is 0.973. The molecule has 1 aromatic rings. The Bertz CT molecular complexity index is 415. The van der Waals surface area contributed by atoms with E-state index in [-0.39, 0.29) is 15.6 Å². The number of carboxylic acid groups (broad SMARTS) is 1. The van der Waals surface area contributed by atoms with Gasteiger partial charge in [-0.05, 0) is 12.1 Å². The first kappa shape index (κ1) is 12.8. The molecule has 16 heavy (non-hydrogen) atoms. The molecule has 1 amide bonds. The lowest BCUT2D eigenvalue weighted by Gasteiger charge is -2.10. The first-order valence-corrected chi connectivity index (χ1v) is 4.85. The van der Waals surface area contributed by atoms with Crippen molar-refractivity contribution in [3.63, 3.8) is 0 Å². The van der Waals surface area contributed by atoms with Gasteiger partial charge in [-0.2, -0.15) is 0 Å². The normalized spacial score (nSPS) is 11.9. The molecule has 0 aromatic heterocycles. The summed E-state index contributed by atoms with van der Waals surface area (Å²) >= 11 is 11.4. The standard InChI is InChI=1S/C9H7Cl2NO4/c10-4-2-1-3-5(11)6(4)7(13)12-8(14)9(15)16/h1-3,8,14H,(H,12,13)(H,15,16). The summed E-state index contributed by atoms with van der Waals surface area (Å²) in [6.07, 6.45) is -2.00.